The maximum atomic E-state index is 13.1. The minimum atomic E-state index is -2.01. The number of hydrogen-bond donors (Lipinski definition) is 3. The lowest BCUT2D eigenvalue weighted by Crippen LogP contribution is -2.67. The minimum absolute atomic E-state index is 0.125. The first-order chi connectivity index (χ1) is 19.6. The highest BCUT2D eigenvalue weighted by Gasteiger charge is 2.87. The maximum absolute atomic E-state index is 13.1. The quantitative estimate of drug-likeness (QED) is 0.121. The zero-order chi connectivity index (χ0) is 31.3. The number of aliphatic hydroxyl groups is 3. The van der Waals surface area contributed by atoms with Crippen LogP contribution in [0.2, 0.25) is 0 Å². The van der Waals surface area contributed by atoms with E-state index >= 15 is 0 Å². The van der Waals surface area contributed by atoms with Gasteiger partial charge in [-0.15, -0.1) is 0 Å². The smallest absolute Gasteiger partial charge is 0.342 e. The van der Waals surface area contributed by atoms with Crippen molar-refractivity contribution in [3.8, 4) is 0 Å². The molecule has 2 aliphatic carbocycles. The van der Waals surface area contributed by atoms with Crippen LogP contribution in [0.15, 0.2) is 23.8 Å². The molecule has 0 aromatic carbocycles. The van der Waals surface area contributed by atoms with Crippen LogP contribution in [0.4, 0.5) is 0 Å². The molecule has 0 amide bonds. The molecule has 1 spiro atoms. The lowest BCUT2D eigenvalue weighted by Gasteiger charge is -2.54. The Bertz CT molecular complexity index is 1170. The van der Waals surface area contributed by atoms with Crippen molar-refractivity contribution >= 4 is 23.9 Å². The molecule has 2 fully saturated rings. The summed E-state index contributed by atoms with van der Waals surface area (Å²) in [6.45, 7) is 8.25. The molecule has 234 valence electrons. The zero-order valence-corrected chi connectivity index (χ0v) is 25.0. The van der Waals surface area contributed by atoms with E-state index in [1.807, 2.05) is 6.92 Å². The summed E-state index contributed by atoms with van der Waals surface area (Å²) in [5, 5.41) is 33.4. The average molecular weight is 595 g/mol. The summed E-state index contributed by atoms with van der Waals surface area (Å²) < 4.78 is 29.3. The van der Waals surface area contributed by atoms with Crippen LogP contribution in [0.25, 0.3) is 0 Å². The summed E-state index contributed by atoms with van der Waals surface area (Å²) in [5.74, 6) is -3.94. The molecule has 2 saturated heterocycles. The number of ether oxygens (including phenoxy) is 5. The number of fused-ring (bicyclic) bond motifs is 1. The lowest BCUT2D eigenvalue weighted by molar-refractivity contribution is -0.215. The number of hydrogen-bond acceptors (Lipinski definition) is 12. The molecule has 0 aromatic heterocycles. The van der Waals surface area contributed by atoms with E-state index in [2.05, 4.69) is 0 Å². The van der Waals surface area contributed by atoms with Crippen LogP contribution in [-0.4, -0.2) is 93.1 Å². The molecular weight excluding hydrogens is 552 g/mol. The first-order valence-corrected chi connectivity index (χ1v) is 14.4. The van der Waals surface area contributed by atoms with E-state index in [0.717, 1.165) is 19.8 Å². The number of rotatable bonds is 8. The maximum Gasteiger partial charge on any atom is 0.342 e. The van der Waals surface area contributed by atoms with Crippen molar-refractivity contribution < 1.29 is 58.2 Å². The van der Waals surface area contributed by atoms with Gasteiger partial charge in [-0.2, -0.15) is 0 Å². The van der Waals surface area contributed by atoms with E-state index in [-0.39, 0.29) is 18.4 Å². The van der Waals surface area contributed by atoms with E-state index in [1.54, 1.807) is 13.0 Å². The molecule has 0 saturated carbocycles. The van der Waals surface area contributed by atoms with Crippen molar-refractivity contribution in [3.05, 3.63) is 23.8 Å². The van der Waals surface area contributed by atoms with Crippen molar-refractivity contribution in [2.24, 2.45) is 11.3 Å². The second-order valence-electron chi connectivity index (χ2n) is 12.3. The molecule has 0 radical (unpaired) electrons. The number of esters is 4. The van der Waals surface area contributed by atoms with Gasteiger partial charge in [0.1, 0.15) is 24.4 Å². The van der Waals surface area contributed by atoms with E-state index in [4.69, 9.17) is 23.7 Å². The van der Waals surface area contributed by atoms with Crippen molar-refractivity contribution in [3.63, 3.8) is 0 Å². The van der Waals surface area contributed by atoms with Crippen LogP contribution in [-0.2, 0) is 42.9 Å². The molecule has 0 unspecified atom stereocenters. The Hall–Kier alpha value is -2.80. The normalized spacial score (nSPS) is 43.5. The standard InChI is InChI=1S/C30H42O12/c1-7-8-9-10-23(35)40-19-14-21(38-16(2)32)27(4)12-11-20(34)28(5,37)24(27)25(39-17(3)33)30-22(13-18(19)15-31)41-26(36)29(30,6)42-30/h11-13,19-22,24-25,31,34,37H,7-10,14-15H2,1-6H3/b18-13-/t19-,20-,21+,22+,24-,25+,27-,28-,29+,30+/m1/s1. The topological polar surface area (TPSA) is 178 Å². The number of carbonyl (C=O) groups is 4. The molecule has 10 atom stereocenters. The summed E-state index contributed by atoms with van der Waals surface area (Å²) in [6.07, 6.45) is 0.274. The Labute approximate surface area is 245 Å². The molecule has 0 aromatic rings. The number of epoxide rings is 1. The molecule has 42 heavy (non-hydrogen) atoms. The third-order valence-electron chi connectivity index (χ3n) is 9.33. The first kappa shape index (κ1) is 32.1. The number of unbranched alkanes of at least 4 members (excludes halogenated alkanes) is 2. The predicted molar refractivity (Wildman–Crippen MR) is 144 cm³/mol. The van der Waals surface area contributed by atoms with Gasteiger partial charge in [-0.05, 0) is 31.9 Å². The van der Waals surface area contributed by atoms with Gasteiger partial charge in [-0.25, -0.2) is 4.79 Å². The highest BCUT2D eigenvalue weighted by Crippen LogP contribution is 2.65. The molecule has 4 aliphatic rings. The van der Waals surface area contributed by atoms with Crippen molar-refractivity contribution in [1.29, 1.82) is 0 Å². The predicted octanol–water partition coefficient (Wildman–Crippen LogP) is 1.42. The van der Waals surface area contributed by atoms with Gasteiger partial charge < -0.3 is 39.0 Å². The first-order valence-electron chi connectivity index (χ1n) is 14.4. The SMILES string of the molecule is CCCCCC(=O)O[C@@H]1C[C@H](OC(C)=O)[C@@]2(C)C=C[C@@H](O)[C@@](C)(O)[C@@H]2[C@H](OC(C)=O)[C@]23O[C@@]2(C)C(=O)O[C@H]3/C=C\1CO. The Morgan fingerprint density at radius 1 is 1.07 bits per heavy atom. The van der Waals surface area contributed by atoms with Gasteiger partial charge in [0.25, 0.3) is 0 Å². The fourth-order valence-electron chi connectivity index (χ4n) is 7.03. The van der Waals surface area contributed by atoms with E-state index in [1.165, 1.54) is 32.9 Å². The highest BCUT2D eigenvalue weighted by atomic mass is 16.7. The molecule has 2 heterocycles. The van der Waals surface area contributed by atoms with Crippen LogP contribution < -0.4 is 0 Å². The van der Waals surface area contributed by atoms with Crippen LogP contribution in [0.1, 0.15) is 73.6 Å². The summed E-state index contributed by atoms with van der Waals surface area (Å²) >= 11 is 0. The van der Waals surface area contributed by atoms with Crippen LogP contribution in [0.3, 0.4) is 0 Å². The molecule has 0 bridgehead atoms. The van der Waals surface area contributed by atoms with Crippen molar-refractivity contribution in [1.82, 2.24) is 0 Å². The van der Waals surface area contributed by atoms with Gasteiger partial charge in [0.15, 0.2) is 17.3 Å². The molecular formula is C30H42O12. The van der Waals surface area contributed by atoms with Gasteiger partial charge >= 0.3 is 23.9 Å². The third-order valence-corrected chi connectivity index (χ3v) is 9.33. The molecule has 2 aliphatic heterocycles. The van der Waals surface area contributed by atoms with Gasteiger partial charge in [-0.1, -0.05) is 38.8 Å². The fourth-order valence-corrected chi connectivity index (χ4v) is 7.03. The summed E-state index contributed by atoms with van der Waals surface area (Å²) in [4.78, 5) is 51.1. The molecule has 12 heteroatoms. The van der Waals surface area contributed by atoms with Gasteiger partial charge in [0.2, 0.25) is 0 Å². The highest BCUT2D eigenvalue weighted by molar-refractivity contribution is 5.89. The Kier molecular flexibility index (Phi) is 8.69. The second-order valence-corrected chi connectivity index (χ2v) is 12.3. The average Bonchev–Trinajstić information content (AvgIpc) is 3.48. The molecule has 12 nitrogen and oxygen atoms in total. The lowest BCUT2D eigenvalue weighted by atomic mass is 9.55. The van der Waals surface area contributed by atoms with E-state index < -0.39 is 89.1 Å². The van der Waals surface area contributed by atoms with E-state index in [9.17, 15) is 34.5 Å². The van der Waals surface area contributed by atoms with Crippen molar-refractivity contribution in [2.75, 3.05) is 6.61 Å². The second kappa shape index (κ2) is 11.4. The monoisotopic (exact) mass is 594 g/mol. The minimum Gasteiger partial charge on any atom is -0.461 e. The van der Waals surface area contributed by atoms with Gasteiger partial charge in [0, 0.05) is 38.0 Å². The van der Waals surface area contributed by atoms with E-state index in [0.29, 0.717) is 6.42 Å². The van der Waals surface area contributed by atoms with Gasteiger partial charge in [-0.3, -0.25) is 14.4 Å². The number of carbonyl (C=O) groups excluding carboxylic acids is 4. The summed E-state index contributed by atoms with van der Waals surface area (Å²) in [7, 11) is 0. The van der Waals surface area contributed by atoms with Crippen LogP contribution in [0.5, 0.6) is 0 Å². The Morgan fingerprint density at radius 2 is 1.74 bits per heavy atom. The summed E-state index contributed by atoms with van der Waals surface area (Å²) in [5.41, 5.74) is -6.53. The third kappa shape index (κ3) is 5.16. The molecule has 4 rings (SSSR count). The Morgan fingerprint density at radius 3 is 2.31 bits per heavy atom. The molecule has 3 N–H and O–H groups in total. The Balaban J connectivity index is 1.96. The fraction of sp³-hybridized carbons (Fsp3) is 0.733. The zero-order valence-electron chi connectivity index (χ0n) is 25.0. The summed E-state index contributed by atoms with van der Waals surface area (Å²) in [6, 6.07) is 0. The van der Waals surface area contributed by atoms with Crippen molar-refractivity contribution in [2.45, 2.75) is 121 Å². The van der Waals surface area contributed by atoms with Crippen LogP contribution in [0, 0.1) is 11.3 Å². The van der Waals surface area contributed by atoms with Gasteiger partial charge in [0.05, 0.1) is 12.2 Å². The largest absolute Gasteiger partial charge is 0.461 e. The van der Waals surface area contributed by atoms with Crippen LogP contribution >= 0.6 is 0 Å². The number of aliphatic hydroxyl groups excluding tert-OH is 2.